The predicted octanol–water partition coefficient (Wildman–Crippen LogP) is -1.10. The van der Waals surface area contributed by atoms with Crippen molar-refractivity contribution in [3.63, 3.8) is 0 Å². The number of rotatable bonds is 9. The maximum absolute atomic E-state index is 13.1. The zero-order valence-electron chi connectivity index (χ0n) is 19.3. The van der Waals surface area contributed by atoms with E-state index in [1.807, 2.05) is 45.8 Å². The van der Waals surface area contributed by atoms with Crippen LogP contribution in [0.25, 0.3) is 5.65 Å². The smallest absolute Gasteiger partial charge is 0.352 e. The van der Waals surface area contributed by atoms with Gasteiger partial charge in [0.2, 0.25) is 18.1 Å². The highest BCUT2D eigenvalue weighted by molar-refractivity contribution is 8.00. The molecule has 17 heteroatoms. The van der Waals surface area contributed by atoms with Gasteiger partial charge in [-0.25, -0.2) is 18.6 Å². The minimum absolute atomic E-state index is 0.0325. The van der Waals surface area contributed by atoms with Crippen molar-refractivity contribution in [2.24, 2.45) is 5.16 Å². The van der Waals surface area contributed by atoms with Gasteiger partial charge in [0.1, 0.15) is 36.1 Å². The van der Waals surface area contributed by atoms with E-state index in [4.69, 9.17) is 10.8 Å². The molecule has 196 valence electrons. The summed E-state index contributed by atoms with van der Waals surface area (Å²) in [5.41, 5.74) is 6.37. The molecular formula is C21H19N8O7S2+. The van der Waals surface area contributed by atoms with Crippen LogP contribution in [0.1, 0.15) is 5.82 Å². The summed E-state index contributed by atoms with van der Waals surface area (Å²) in [6.07, 6.45) is 5.54. The van der Waals surface area contributed by atoms with E-state index >= 15 is 0 Å². The minimum Gasteiger partial charge on any atom is -0.479 e. The zero-order chi connectivity index (χ0) is 27.0. The number of nitrogen functional groups attached to an aromatic ring is 1. The van der Waals surface area contributed by atoms with Crippen LogP contribution in [0.5, 0.6) is 0 Å². The lowest BCUT2D eigenvalue weighted by Gasteiger charge is -2.49. The van der Waals surface area contributed by atoms with Gasteiger partial charge < -0.3 is 26.1 Å². The topological polar surface area (TPSA) is 206 Å². The van der Waals surface area contributed by atoms with E-state index in [2.05, 4.69) is 24.7 Å². The number of carbonyl (C=O) groups is 4. The highest BCUT2D eigenvalue weighted by Gasteiger charge is 2.54. The first-order valence-corrected chi connectivity index (χ1v) is 12.7. The number of thioether (sulfide) groups is 1. The van der Waals surface area contributed by atoms with Gasteiger partial charge in [-0.1, -0.05) is 11.2 Å². The Morgan fingerprint density at radius 2 is 2.11 bits per heavy atom. The summed E-state index contributed by atoms with van der Waals surface area (Å²) in [5, 5.41) is 24.1. The Hall–Kier alpha value is -4.51. The summed E-state index contributed by atoms with van der Waals surface area (Å²) < 4.78 is 7.66. The molecule has 0 aromatic carbocycles. The molecule has 0 spiro atoms. The van der Waals surface area contributed by atoms with Gasteiger partial charge in [0.05, 0.1) is 6.20 Å². The summed E-state index contributed by atoms with van der Waals surface area (Å²) in [6, 6.07) is 4.58. The number of hydrogen-bond acceptors (Lipinski definition) is 11. The summed E-state index contributed by atoms with van der Waals surface area (Å²) in [4.78, 5) is 58.7. The lowest BCUT2D eigenvalue weighted by molar-refractivity contribution is -0.662. The van der Waals surface area contributed by atoms with Crippen LogP contribution in [-0.2, 0) is 30.6 Å². The van der Waals surface area contributed by atoms with Crippen molar-refractivity contribution in [3.8, 4) is 0 Å². The zero-order valence-corrected chi connectivity index (χ0v) is 20.9. The van der Waals surface area contributed by atoms with Crippen LogP contribution in [0.4, 0.5) is 5.13 Å². The average molecular weight is 560 g/mol. The Labute approximate surface area is 221 Å². The number of imidazole rings is 1. The van der Waals surface area contributed by atoms with Crippen LogP contribution >= 0.6 is 23.3 Å². The summed E-state index contributed by atoms with van der Waals surface area (Å²) in [7, 11) is 0. The first-order chi connectivity index (χ1) is 18.2. The molecule has 0 bridgehead atoms. The van der Waals surface area contributed by atoms with E-state index in [1.54, 1.807) is 0 Å². The fourth-order valence-corrected chi connectivity index (χ4v) is 5.84. The molecular weight excluding hydrogens is 540 g/mol. The lowest BCUT2D eigenvalue weighted by Crippen LogP contribution is -2.71. The number of oxime groups is 1. The van der Waals surface area contributed by atoms with Crippen molar-refractivity contribution in [3.05, 3.63) is 53.9 Å². The number of hydrogen-bond donors (Lipinski definition) is 4. The van der Waals surface area contributed by atoms with Crippen LogP contribution in [0.2, 0.25) is 0 Å². The molecule has 5 N–H and O–H groups in total. The van der Waals surface area contributed by atoms with Gasteiger partial charge in [0.15, 0.2) is 5.13 Å². The second-order valence-corrected chi connectivity index (χ2v) is 9.96. The minimum atomic E-state index is -1.32. The number of nitrogens with two attached hydrogens (primary N) is 1. The van der Waals surface area contributed by atoms with Gasteiger partial charge in [-0.3, -0.25) is 14.5 Å². The van der Waals surface area contributed by atoms with E-state index in [1.165, 1.54) is 11.8 Å². The Balaban J connectivity index is 1.36. The molecule has 3 aromatic heterocycles. The summed E-state index contributed by atoms with van der Waals surface area (Å²) in [5.74, 6) is -3.99. The molecule has 2 amide bonds. The Morgan fingerprint density at radius 1 is 1.29 bits per heavy atom. The number of fused-ring (bicyclic) bond motifs is 2. The van der Waals surface area contributed by atoms with Gasteiger partial charge >= 0.3 is 11.9 Å². The highest BCUT2D eigenvalue weighted by Crippen LogP contribution is 2.40. The number of carboxylic acid groups (broad SMARTS) is 2. The highest BCUT2D eigenvalue weighted by atomic mass is 32.2. The standard InChI is InChI=1S/C21H18N8O7S2/c22-21-24-16(26-38-21)13(25-36-8-12(30)31)17(32)23-14-18(33)29-15(20(34)35)10(9-37-19(14)29)7-28-6-5-27-4-2-1-3-11(27)28/h1-6,14,19H,7-9H2,(H4-,22,23,24,26,30,31,32,34,35)/p+1/b25-13+/t14-,19-/m1/s1. The van der Waals surface area contributed by atoms with Crippen LogP contribution in [0.15, 0.2) is 53.2 Å². The number of aromatic nitrogens is 4. The van der Waals surface area contributed by atoms with Crippen LogP contribution in [0.3, 0.4) is 0 Å². The number of pyridine rings is 1. The van der Waals surface area contributed by atoms with Crippen molar-refractivity contribution in [2.45, 2.75) is 18.0 Å². The summed E-state index contributed by atoms with van der Waals surface area (Å²) in [6.45, 7) is -0.562. The normalized spacial score (nSPS) is 19.2. The fourth-order valence-electron chi connectivity index (χ4n) is 4.07. The first-order valence-electron chi connectivity index (χ1n) is 10.9. The Kier molecular flexibility index (Phi) is 6.68. The molecule has 0 aliphatic carbocycles. The van der Waals surface area contributed by atoms with Gasteiger partial charge in [-0.15, -0.1) is 11.8 Å². The van der Waals surface area contributed by atoms with Crippen LogP contribution in [0, 0.1) is 0 Å². The van der Waals surface area contributed by atoms with Gasteiger partial charge in [-0.05, 0) is 6.07 Å². The lowest BCUT2D eigenvalue weighted by atomic mass is 10.0. The Bertz CT molecular complexity index is 1530. The second kappa shape index (κ2) is 10.1. The molecule has 1 fully saturated rings. The molecule has 0 unspecified atom stereocenters. The first kappa shape index (κ1) is 25.2. The summed E-state index contributed by atoms with van der Waals surface area (Å²) >= 11 is 2.09. The molecule has 15 nitrogen and oxygen atoms in total. The third kappa shape index (κ3) is 4.63. The molecule has 38 heavy (non-hydrogen) atoms. The molecule has 2 atom stereocenters. The number of amides is 2. The largest absolute Gasteiger partial charge is 0.479 e. The molecule has 2 aliphatic rings. The van der Waals surface area contributed by atoms with Crippen molar-refractivity contribution < 1.29 is 38.8 Å². The van der Waals surface area contributed by atoms with Crippen LogP contribution < -0.4 is 15.6 Å². The SMILES string of the molecule is Nc1nc(/C(=N\OCC(=O)O)C(=O)N[C@@H]2C(=O)N3C(C(=O)O)=C(C[n+]4ccn5ccccc54)CS[C@H]23)ns1. The maximum Gasteiger partial charge on any atom is 0.352 e. The number of carbonyl (C=O) groups excluding carboxylic acids is 2. The third-order valence-electron chi connectivity index (χ3n) is 5.68. The van der Waals surface area contributed by atoms with E-state index in [0.29, 0.717) is 11.3 Å². The van der Waals surface area contributed by atoms with E-state index in [0.717, 1.165) is 22.1 Å². The fraction of sp³-hybridized carbons (Fsp3) is 0.238. The van der Waals surface area contributed by atoms with E-state index in [9.17, 15) is 24.3 Å². The van der Waals surface area contributed by atoms with Gasteiger partial charge in [0.25, 0.3) is 17.5 Å². The van der Waals surface area contributed by atoms with Gasteiger partial charge in [-0.2, -0.15) is 9.36 Å². The molecule has 3 aromatic rings. The quantitative estimate of drug-likeness (QED) is 0.107. The number of nitrogens with one attached hydrogen (secondary N) is 1. The van der Waals surface area contributed by atoms with Crippen molar-refractivity contribution in [1.82, 2.24) is 24.0 Å². The molecule has 5 rings (SSSR count). The molecule has 2 aliphatic heterocycles. The maximum atomic E-state index is 13.1. The number of β-lactam (4-membered cyclic amide) rings is 1. The number of nitrogens with zero attached hydrogens (tertiary/aromatic N) is 6. The second-order valence-electron chi connectivity index (χ2n) is 8.07. The van der Waals surface area contributed by atoms with Crippen molar-refractivity contribution >= 4 is 63.5 Å². The van der Waals surface area contributed by atoms with E-state index < -0.39 is 47.5 Å². The number of carboxylic acids is 2. The number of anilines is 1. The Morgan fingerprint density at radius 3 is 2.82 bits per heavy atom. The molecule has 0 saturated carbocycles. The predicted molar refractivity (Wildman–Crippen MR) is 132 cm³/mol. The average Bonchev–Trinajstić information content (AvgIpc) is 3.50. The van der Waals surface area contributed by atoms with E-state index in [-0.39, 0.29) is 23.2 Å². The van der Waals surface area contributed by atoms with Gasteiger partial charge in [0, 0.05) is 28.9 Å². The monoisotopic (exact) mass is 559 g/mol. The van der Waals surface area contributed by atoms with Crippen molar-refractivity contribution in [2.75, 3.05) is 18.1 Å². The molecule has 0 radical (unpaired) electrons. The molecule has 1 saturated heterocycles. The van der Waals surface area contributed by atoms with Crippen LogP contribution in [-0.4, -0.2) is 82.1 Å². The van der Waals surface area contributed by atoms with Crippen molar-refractivity contribution in [1.29, 1.82) is 0 Å². The number of aliphatic carboxylic acids is 2. The third-order valence-corrected chi connectivity index (χ3v) is 7.56. The molecule has 5 heterocycles.